The Morgan fingerprint density at radius 2 is 1.93 bits per heavy atom. The van der Waals surface area contributed by atoms with Gasteiger partial charge in [0.2, 0.25) is 15.9 Å². The fraction of sp³-hybridized carbons (Fsp3) is 0.350. The third-order valence-electron chi connectivity index (χ3n) is 4.19. The van der Waals surface area contributed by atoms with Gasteiger partial charge in [-0.3, -0.25) is 9.10 Å². The first-order valence-corrected chi connectivity index (χ1v) is 11.1. The van der Waals surface area contributed by atoms with Gasteiger partial charge < -0.3 is 10.1 Å². The average Bonchev–Trinajstić information content (AvgIpc) is 2.63. The second-order valence-corrected chi connectivity index (χ2v) is 8.80. The Kier molecular flexibility index (Phi) is 7.71. The molecule has 0 fully saturated rings. The maximum Gasteiger partial charge on any atom is 0.240 e. The number of sulfonamides is 1. The van der Waals surface area contributed by atoms with E-state index in [0.717, 1.165) is 28.1 Å². The van der Waals surface area contributed by atoms with E-state index in [2.05, 4.69) is 5.32 Å². The van der Waals surface area contributed by atoms with Crippen LogP contribution in [0.3, 0.4) is 0 Å². The highest BCUT2D eigenvalue weighted by Gasteiger charge is 2.24. The van der Waals surface area contributed by atoms with Gasteiger partial charge in [0.1, 0.15) is 12.3 Å². The SMILES string of the molecule is COc1ccc(C)cc1N(CC(=O)NCCCc1ccccc1Cl)S(C)(=O)=O. The van der Waals surface area contributed by atoms with E-state index in [1.807, 2.05) is 37.3 Å². The van der Waals surface area contributed by atoms with E-state index in [1.54, 1.807) is 12.1 Å². The van der Waals surface area contributed by atoms with Gasteiger partial charge in [-0.2, -0.15) is 0 Å². The highest BCUT2D eigenvalue weighted by Crippen LogP contribution is 2.30. The number of hydrogen-bond acceptors (Lipinski definition) is 4. The zero-order chi connectivity index (χ0) is 20.7. The number of aryl methyl sites for hydroxylation is 2. The molecule has 0 aliphatic carbocycles. The molecule has 0 saturated carbocycles. The van der Waals surface area contributed by atoms with Crippen molar-refractivity contribution in [3.05, 3.63) is 58.6 Å². The molecule has 0 aromatic heterocycles. The van der Waals surface area contributed by atoms with Crippen LogP contribution in [-0.4, -0.2) is 40.8 Å². The third-order valence-corrected chi connectivity index (χ3v) is 5.69. The summed E-state index contributed by atoms with van der Waals surface area (Å²) < 4.78 is 30.9. The molecule has 28 heavy (non-hydrogen) atoms. The standard InChI is InChI=1S/C20H25ClN2O4S/c1-15-10-11-19(27-2)18(13-15)23(28(3,25)26)14-20(24)22-12-6-8-16-7-4-5-9-17(16)21/h4-5,7,9-11,13H,6,8,12,14H2,1-3H3,(H,22,24). The van der Waals surface area contributed by atoms with E-state index >= 15 is 0 Å². The van der Waals surface area contributed by atoms with Crippen LogP contribution in [0.2, 0.25) is 5.02 Å². The van der Waals surface area contributed by atoms with Crippen LogP contribution in [0.15, 0.2) is 42.5 Å². The van der Waals surface area contributed by atoms with E-state index < -0.39 is 10.0 Å². The molecule has 2 rings (SSSR count). The second-order valence-electron chi connectivity index (χ2n) is 6.49. The van der Waals surface area contributed by atoms with Gasteiger partial charge in [-0.05, 0) is 49.1 Å². The van der Waals surface area contributed by atoms with Crippen molar-refractivity contribution in [3.63, 3.8) is 0 Å². The maximum atomic E-state index is 12.4. The maximum absolute atomic E-state index is 12.4. The molecule has 0 spiro atoms. The lowest BCUT2D eigenvalue weighted by atomic mass is 10.1. The number of rotatable bonds is 9. The molecule has 6 nitrogen and oxygen atoms in total. The largest absolute Gasteiger partial charge is 0.495 e. The summed E-state index contributed by atoms with van der Waals surface area (Å²) in [5, 5.41) is 3.47. The van der Waals surface area contributed by atoms with Crippen LogP contribution in [-0.2, 0) is 21.2 Å². The number of amides is 1. The lowest BCUT2D eigenvalue weighted by molar-refractivity contribution is -0.119. The first kappa shape index (κ1) is 22.0. The van der Waals surface area contributed by atoms with Crippen molar-refractivity contribution in [2.75, 3.05) is 30.8 Å². The smallest absolute Gasteiger partial charge is 0.240 e. The predicted octanol–water partition coefficient (Wildman–Crippen LogP) is 3.17. The molecule has 0 radical (unpaired) electrons. The quantitative estimate of drug-likeness (QED) is 0.627. The lowest BCUT2D eigenvalue weighted by Gasteiger charge is -2.24. The van der Waals surface area contributed by atoms with Crippen LogP contribution in [0.1, 0.15) is 17.5 Å². The minimum absolute atomic E-state index is 0.315. The number of nitrogens with one attached hydrogen (secondary N) is 1. The van der Waals surface area contributed by atoms with Crippen LogP contribution in [0.5, 0.6) is 5.75 Å². The van der Waals surface area contributed by atoms with Crippen LogP contribution in [0.25, 0.3) is 0 Å². The number of benzene rings is 2. The molecule has 1 amide bonds. The molecular formula is C20H25ClN2O4S. The summed E-state index contributed by atoms with van der Waals surface area (Å²) >= 11 is 6.12. The molecule has 0 unspecified atom stereocenters. The summed E-state index contributed by atoms with van der Waals surface area (Å²) in [7, 11) is -2.20. The van der Waals surface area contributed by atoms with Crippen molar-refractivity contribution >= 4 is 33.2 Å². The highest BCUT2D eigenvalue weighted by molar-refractivity contribution is 7.92. The van der Waals surface area contributed by atoms with Gasteiger partial charge in [0.15, 0.2) is 0 Å². The van der Waals surface area contributed by atoms with E-state index in [9.17, 15) is 13.2 Å². The Hall–Kier alpha value is -2.25. The monoisotopic (exact) mass is 424 g/mol. The Morgan fingerprint density at radius 1 is 1.21 bits per heavy atom. The number of carbonyl (C=O) groups excluding carboxylic acids is 1. The first-order chi connectivity index (χ1) is 13.2. The van der Waals surface area contributed by atoms with Crippen molar-refractivity contribution < 1.29 is 17.9 Å². The Labute approximate surface area is 171 Å². The van der Waals surface area contributed by atoms with Crippen molar-refractivity contribution in [1.82, 2.24) is 5.32 Å². The minimum atomic E-state index is -3.67. The van der Waals surface area contributed by atoms with E-state index in [1.165, 1.54) is 7.11 Å². The van der Waals surface area contributed by atoms with Crippen LogP contribution in [0, 0.1) is 6.92 Å². The lowest BCUT2D eigenvalue weighted by Crippen LogP contribution is -2.40. The van der Waals surface area contributed by atoms with Crippen molar-refractivity contribution in [2.24, 2.45) is 0 Å². The number of anilines is 1. The van der Waals surface area contributed by atoms with E-state index in [0.29, 0.717) is 29.4 Å². The van der Waals surface area contributed by atoms with Crippen LogP contribution in [0.4, 0.5) is 5.69 Å². The number of ether oxygens (including phenoxy) is 1. The normalized spacial score (nSPS) is 11.1. The van der Waals surface area contributed by atoms with Gasteiger partial charge in [0.25, 0.3) is 0 Å². The van der Waals surface area contributed by atoms with Crippen LogP contribution >= 0.6 is 11.6 Å². The zero-order valence-corrected chi connectivity index (χ0v) is 17.8. The summed E-state index contributed by atoms with van der Waals surface area (Å²) in [6.45, 7) is 1.95. The van der Waals surface area contributed by atoms with Crippen LogP contribution < -0.4 is 14.4 Å². The Balaban J connectivity index is 2.00. The molecule has 2 aromatic rings. The molecule has 0 heterocycles. The molecule has 2 aromatic carbocycles. The molecule has 0 atom stereocenters. The summed E-state index contributed by atoms with van der Waals surface area (Å²) in [5.74, 6) is 0.00990. The second kappa shape index (κ2) is 9.80. The van der Waals surface area contributed by atoms with Gasteiger partial charge in [0, 0.05) is 11.6 Å². The summed E-state index contributed by atoms with van der Waals surface area (Å²) in [4.78, 5) is 12.4. The number of nitrogens with zero attached hydrogens (tertiary/aromatic N) is 1. The Bertz CT molecular complexity index is 932. The van der Waals surface area contributed by atoms with Crippen molar-refractivity contribution in [3.8, 4) is 5.75 Å². The van der Waals surface area contributed by atoms with Gasteiger partial charge in [-0.25, -0.2) is 8.42 Å². The molecule has 0 aliphatic rings. The zero-order valence-electron chi connectivity index (χ0n) is 16.2. The molecule has 152 valence electrons. The fourth-order valence-electron chi connectivity index (χ4n) is 2.77. The van der Waals surface area contributed by atoms with Gasteiger partial charge in [-0.1, -0.05) is 35.9 Å². The molecule has 0 saturated heterocycles. The number of halogens is 1. The third kappa shape index (κ3) is 6.14. The molecule has 0 aliphatic heterocycles. The van der Waals surface area contributed by atoms with Crippen molar-refractivity contribution in [2.45, 2.75) is 19.8 Å². The first-order valence-electron chi connectivity index (χ1n) is 8.85. The minimum Gasteiger partial charge on any atom is -0.495 e. The summed E-state index contributed by atoms with van der Waals surface area (Å²) in [5.41, 5.74) is 2.22. The van der Waals surface area contributed by atoms with Crippen molar-refractivity contribution in [1.29, 1.82) is 0 Å². The summed E-state index contributed by atoms with van der Waals surface area (Å²) in [6, 6.07) is 12.7. The number of methoxy groups -OCH3 is 1. The predicted molar refractivity (Wildman–Crippen MR) is 113 cm³/mol. The van der Waals surface area contributed by atoms with E-state index in [4.69, 9.17) is 16.3 Å². The number of carbonyl (C=O) groups is 1. The molecular weight excluding hydrogens is 400 g/mol. The number of hydrogen-bond donors (Lipinski definition) is 1. The Morgan fingerprint density at radius 3 is 2.57 bits per heavy atom. The fourth-order valence-corrected chi connectivity index (χ4v) is 3.85. The average molecular weight is 425 g/mol. The molecule has 8 heteroatoms. The van der Waals surface area contributed by atoms with Gasteiger partial charge >= 0.3 is 0 Å². The topological polar surface area (TPSA) is 75.7 Å². The van der Waals surface area contributed by atoms with E-state index in [-0.39, 0.29) is 12.5 Å². The highest BCUT2D eigenvalue weighted by atomic mass is 35.5. The molecule has 1 N–H and O–H groups in total. The van der Waals surface area contributed by atoms with Gasteiger partial charge in [0.05, 0.1) is 19.1 Å². The van der Waals surface area contributed by atoms with Gasteiger partial charge in [-0.15, -0.1) is 0 Å². The summed E-state index contributed by atoms with van der Waals surface area (Å²) in [6.07, 6.45) is 2.49. The molecule has 0 bridgehead atoms.